The fraction of sp³-hybridized carbons (Fsp3) is 0.182. The highest BCUT2D eigenvalue weighted by Gasteiger charge is 2.01. The Morgan fingerprint density at radius 3 is 2.67 bits per heavy atom. The summed E-state index contributed by atoms with van der Waals surface area (Å²) in [6.07, 6.45) is 1.60. The van der Waals surface area contributed by atoms with E-state index >= 15 is 0 Å². The maximum atomic E-state index is 5.48. The Bertz CT molecular complexity index is 436. The van der Waals surface area contributed by atoms with Crippen LogP contribution in [0.1, 0.15) is 11.5 Å². The van der Waals surface area contributed by atoms with Crippen molar-refractivity contribution < 1.29 is 9.15 Å². The van der Waals surface area contributed by atoms with Gasteiger partial charge in [0.2, 0.25) is 5.89 Å². The highest BCUT2D eigenvalue weighted by atomic mass is 79.9. The van der Waals surface area contributed by atoms with Crippen LogP contribution >= 0.6 is 15.9 Å². The lowest BCUT2D eigenvalue weighted by Crippen LogP contribution is -1.95. The summed E-state index contributed by atoms with van der Waals surface area (Å²) < 4.78 is 11.3. The van der Waals surface area contributed by atoms with Gasteiger partial charge in [-0.25, -0.2) is 4.98 Å². The molecule has 2 rings (SSSR count). The summed E-state index contributed by atoms with van der Waals surface area (Å²) in [6.45, 7) is 2.38. The van der Waals surface area contributed by atoms with Gasteiger partial charge in [-0.05, 0) is 35.0 Å². The molecule has 15 heavy (non-hydrogen) atoms. The van der Waals surface area contributed by atoms with Crippen molar-refractivity contribution >= 4 is 15.9 Å². The molecule has 0 amide bonds. The summed E-state index contributed by atoms with van der Waals surface area (Å²) >= 11 is 3.18. The molecule has 4 heteroatoms. The molecular weight excluding hydrogens is 258 g/mol. The summed E-state index contributed by atoms with van der Waals surface area (Å²) in [6, 6.07) is 7.85. The second kappa shape index (κ2) is 4.49. The number of oxazole rings is 1. The molecule has 0 N–H and O–H groups in total. The van der Waals surface area contributed by atoms with Crippen LogP contribution in [0.15, 0.2) is 39.5 Å². The minimum atomic E-state index is 0.342. The first-order valence-electron chi connectivity index (χ1n) is 4.54. The predicted octanol–water partition coefficient (Wildman–Crippen LogP) is 3.32. The largest absolute Gasteiger partial charge is 0.484 e. The molecule has 1 aromatic carbocycles. The molecule has 2 aromatic rings. The Balaban J connectivity index is 1.96. The summed E-state index contributed by atoms with van der Waals surface area (Å²) in [5, 5.41) is 0. The molecule has 0 aliphatic heterocycles. The average molecular weight is 268 g/mol. The van der Waals surface area contributed by atoms with Crippen LogP contribution in [0.5, 0.6) is 5.75 Å². The van der Waals surface area contributed by atoms with Gasteiger partial charge in [0.15, 0.2) is 11.3 Å². The number of halogens is 1. The van der Waals surface area contributed by atoms with E-state index in [1.165, 1.54) is 5.56 Å². The van der Waals surface area contributed by atoms with Gasteiger partial charge in [0.25, 0.3) is 0 Å². The fourth-order valence-electron chi connectivity index (χ4n) is 1.13. The van der Waals surface area contributed by atoms with Crippen molar-refractivity contribution in [2.75, 3.05) is 0 Å². The van der Waals surface area contributed by atoms with Crippen LogP contribution in [-0.4, -0.2) is 4.98 Å². The molecular formula is C11H10BrNO2. The van der Waals surface area contributed by atoms with Crippen LogP contribution in [0, 0.1) is 6.92 Å². The average Bonchev–Trinajstić information content (AvgIpc) is 2.64. The highest BCUT2D eigenvalue weighted by Crippen LogP contribution is 2.15. The van der Waals surface area contributed by atoms with Gasteiger partial charge in [-0.3, -0.25) is 0 Å². The first kappa shape index (κ1) is 10.2. The van der Waals surface area contributed by atoms with Gasteiger partial charge in [0, 0.05) is 0 Å². The van der Waals surface area contributed by atoms with E-state index in [-0.39, 0.29) is 0 Å². The second-order valence-electron chi connectivity index (χ2n) is 3.16. The Labute approximate surface area is 96.2 Å². The molecule has 0 aliphatic rings. The standard InChI is InChI=1S/C11H10BrNO2/c1-8-2-4-9(5-3-8)14-7-11-13-6-10(12)15-11/h2-6H,7H2,1H3. The number of aromatic nitrogens is 1. The summed E-state index contributed by atoms with van der Waals surface area (Å²) in [5.41, 5.74) is 1.21. The van der Waals surface area contributed by atoms with Gasteiger partial charge in [-0.1, -0.05) is 17.7 Å². The molecule has 0 aliphatic carbocycles. The minimum Gasteiger partial charge on any atom is -0.484 e. The van der Waals surface area contributed by atoms with Crippen molar-refractivity contribution in [2.24, 2.45) is 0 Å². The van der Waals surface area contributed by atoms with Crippen LogP contribution in [0.3, 0.4) is 0 Å². The van der Waals surface area contributed by atoms with Crippen molar-refractivity contribution in [2.45, 2.75) is 13.5 Å². The van der Waals surface area contributed by atoms with Crippen molar-refractivity contribution in [1.29, 1.82) is 0 Å². The predicted molar refractivity (Wildman–Crippen MR) is 59.7 cm³/mol. The summed E-state index contributed by atoms with van der Waals surface area (Å²) in [5.74, 6) is 1.37. The molecule has 0 saturated carbocycles. The molecule has 1 heterocycles. The Morgan fingerprint density at radius 1 is 1.33 bits per heavy atom. The van der Waals surface area contributed by atoms with Crippen LogP contribution in [0.2, 0.25) is 0 Å². The highest BCUT2D eigenvalue weighted by molar-refractivity contribution is 9.10. The SMILES string of the molecule is Cc1ccc(OCc2ncc(Br)o2)cc1. The molecule has 0 unspecified atom stereocenters. The molecule has 0 saturated heterocycles. The molecule has 0 spiro atoms. The number of rotatable bonds is 3. The number of nitrogens with zero attached hydrogens (tertiary/aromatic N) is 1. The van der Waals surface area contributed by atoms with E-state index in [2.05, 4.69) is 20.9 Å². The number of hydrogen-bond donors (Lipinski definition) is 0. The quantitative estimate of drug-likeness (QED) is 0.856. The molecule has 0 atom stereocenters. The topological polar surface area (TPSA) is 35.3 Å². The number of benzene rings is 1. The van der Waals surface area contributed by atoms with Crippen LogP contribution in [0.4, 0.5) is 0 Å². The maximum Gasteiger partial charge on any atom is 0.233 e. The van der Waals surface area contributed by atoms with Crippen LogP contribution < -0.4 is 4.74 Å². The third-order valence-electron chi connectivity index (χ3n) is 1.91. The molecule has 0 radical (unpaired) electrons. The Hall–Kier alpha value is -1.29. The van der Waals surface area contributed by atoms with E-state index in [4.69, 9.17) is 9.15 Å². The van der Waals surface area contributed by atoms with Gasteiger partial charge in [0.1, 0.15) is 5.75 Å². The molecule has 3 nitrogen and oxygen atoms in total. The Kier molecular flexibility index (Phi) is 3.06. The third-order valence-corrected chi connectivity index (χ3v) is 2.28. The van der Waals surface area contributed by atoms with E-state index in [1.807, 2.05) is 31.2 Å². The van der Waals surface area contributed by atoms with Gasteiger partial charge in [0.05, 0.1) is 6.20 Å². The van der Waals surface area contributed by atoms with E-state index in [9.17, 15) is 0 Å². The van der Waals surface area contributed by atoms with Gasteiger partial charge in [-0.2, -0.15) is 0 Å². The molecule has 0 fully saturated rings. The zero-order chi connectivity index (χ0) is 10.7. The number of ether oxygens (including phenoxy) is 1. The minimum absolute atomic E-state index is 0.342. The van der Waals surface area contributed by atoms with Crippen molar-refractivity contribution in [3.63, 3.8) is 0 Å². The van der Waals surface area contributed by atoms with Crippen LogP contribution in [-0.2, 0) is 6.61 Å². The van der Waals surface area contributed by atoms with Gasteiger partial charge < -0.3 is 9.15 Å². The zero-order valence-corrected chi connectivity index (χ0v) is 9.82. The summed E-state index contributed by atoms with van der Waals surface area (Å²) in [4.78, 5) is 4.01. The van der Waals surface area contributed by atoms with E-state index in [0.29, 0.717) is 17.2 Å². The molecule has 1 aromatic heterocycles. The van der Waals surface area contributed by atoms with Gasteiger partial charge in [-0.15, -0.1) is 0 Å². The van der Waals surface area contributed by atoms with Crippen molar-refractivity contribution in [1.82, 2.24) is 4.98 Å². The number of hydrogen-bond acceptors (Lipinski definition) is 3. The monoisotopic (exact) mass is 267 g/mol. The van der Waals surface area contributed by atoms with Crippen molar-refractivity contribution in [3.05, 3.63) is 46.6 Å². The molecule has 0 bridgehead atoms. The normalized spacial score (nSPS) is 10.3. The molecule has 78 valence electrons. The zero-order valence-electron chi connectivity index (χ0n) is 8.24. The van der Waals surface area contributed by atoms with E-state index in [0.717, 1.165) is 5.75 Å². The number of aryl methyl sites for hydroxylation is 1. The second-order valence-corrected chi connectivity index (χ2v) is 3.94. The first-order valence-corrected chi connectivity index (χ1v) is 5.33. The van der Waals surface area contributed by atoms with E-state index in [1.54, 1.807) is 6.20 Å². The van der Waals surface area contributed by atoms with Crippen molar-refractivity contribution in [3.8, 4) is 5.75 Å². The lowest BCUT2D eigenvalue weighted by Gasteiger charge is -2.03. The maximum absolute atomic E-state index is 5.48. The Morgan fingerprint density at radius 2 is 2.07 bits per heavy atom. The lowest BCUT2D eigenvalue weighted by molar-refractivity contribution is 0.260. The fourth-order valence-corrected chi connectivity index (χ4v) is 1.42. The van der Waals surface area contributed by atoms with Gasteiger partial charge >= 0.3 is 0 Å². The van der Waals surface area contributed by atoms with E-state index < -0.39 is 0 Å². The third kappa shape index (κ3) is 2.83. The lowest BCUT2D eigenvalue weighted by atomic mass is 10.2. The first-order chi connectivity index (χ1) is 7.24. The smallest absolute Gasteiger partial charge is 0.233 e. The van der Waals surface area contributed by atoms with Crippen LogP contribution in [0.25, 0.3) is 0 Å². The summed E-state index contributed by atoms with van der Waals surface area (Å²) in [7, 11) is 0.